The number of benzene rings is 2. The van der Waals surface area contributed by atoms with Crippen molar-refractivity contribution < 1.29 is 9.59 Å². The Morgan fingerprint density at radius 3 is 2.29 bits per heavy atom. The molecule has 0 aliphatic rings. The Labute approximate surface area is 176 Å². The smallest absolute Gasteiger partial charge is 0.242 e. The summed E-state index contributed by atoms with van der Waals surface area (Å²) in [6, 6.07) is 17.2. The first kappa shape index (κ1) is 22.2. The lowest BCUT2D eigenvalue weighted by molar-refractivity contribution is -0.141. The molecule has 2 aromatic rings. The molecule has 0 saturated carbocycles. The summed E-state index contributed by atoms with van der Waals surface area (Å²) < 4.78 is 0.952. The highest BCUT2D eigenvalue weighted by Gasteiger charge is 2.28. The standard InChI is InChI=1S/C23H29BrN2O2/c1-17(22(28)25-23(2,3)4)26(16-19-11-8-12-20(24)15-19)21(27)14-13-18-9-6-5-7-10-18/h5-12,15,17H,13-14,16H2,1-4H3,(H,25,28)/t17-/m1/s1. The van der Waals surface area contributed by atoms with Crippen LogP contribution in [0.3, 0.4) is 0 Å². The van der Waals surface area contributed by atoms with Crippen LogP contribution in [0.15, 0.2) is 59.1 Å². The lowest BCUT2D eigenvalue weighted by atomic mass is 10.1. The van der Waals surface area contributed by atoms with Gasteiger partial charge in [0.1, 0.15) is 6.04 Å². The molecule has 28 heavy (non-hydrogen) atoms. The topological polar surface area (TPSA) is 49.4 Å². The van der Waals surface area contributed by atoms with E-state index in [1.165, 1.54) is 0 Å². The summed E-state index contributed by atoms with van der Waals surface area (Å²) in [6.07, 6.45) is 1.02. The van der Waals surface area contributed by atoms with Gasteiger partial charge in [0.25, 0.3) is 0 Å². The summed E-state index contributed by atoms with van der Waals surface area (Å²) >= 11 is 3.47. The normalized spacial score (nSPS) is 12.3. The number of hydrogen-bond acceptors (Lipinski definition) is 2. The van der Waals surface area contributed by atoms with Crippen LogP contribution in [0.2, 0.25) is 0 Å². The summed E-state index contributed by atoms with van der Waals surface area (Å²) in [4.78, 5) is 27.4. The van der Waals surface area contributed by atoms with Gasteiger partial charge in [0.15, 0.2) is 0 Å². The predicted molar refractivity (Wildman–Crippen MR) is 117 cm³/mol. The molecule has 0 spiro atoms. The van der Waals surface area contributed by atoms with Crippen LogP contribution in [0.4, 0.5) is 0 Å². The van der Waals surface area contributed by atoms with Gasteiger partial charge in [-0.15, -0.1) is 0 Å². The zero-order chi connectivity index (χ0) is 20.7. The van der Waals surface area contributed by atoms with E-state index >= 15 is 0 Å². The van der Waals surface area contributed by atoms with E-state index in [9.17, 15) is 9.59 Å². The van der Waals surface area contributed by atoms with Crippen molar-refractivity contribution in [3.05, 3.63) is 70.2 Å². The van der Waals surface area contributed by atoms with Gasteiger partial charge in [-0.1, -0.05) is 58.4 Å². The van der Waals surface area contributed by atoms with Crippen LogP contribution >= 0.6 is 15.9 Å². The fourth-order valence-electron chi connectivity index (χ4n) is 2.93. The first-order valence-corrected chi connectivity index (χ1v) is 10.3. The summed E-state index contributed by atoms with van der Waals surface area (Å²) in [5.41, 5.74) is 1.75. The summed E-state index contributed by atoms with van der Waals surface area (Å²) in [5.74, 6) is -0.170. The number of hydrogen-bond donors (Lipinski definition) is 1. The Morgan fingerprint density at radius 2 is 1.68 bits per heavy atom. The SMILES string of the molecule is C[C@H](C(=O)NC(C)(C)C)N(Cc1cccc(Br)c1)C(=O)CCc1ccccc1. The molecule has 0 saturated heterocycles. The van der Waals surface area contributed by atoms with Gasteiger partial charge >= 0.3 is 0 Å². The van der Waals surface area contributed by atoms with Crippen LogP contribution in [0.5, 0.6) is 0 Å². The maximum Gasteiger partial charge on any atom is 0.242 e. The van der Waals surface area contributed by atoms with Crippen molar-refractivity contribution in [3.8, 4) is 0 Å². The van der Waals surface area contributed by atoms with Crippen molar-refractivity contribution in [3.63, 3.8) is 0 Å². The minimum Gasteiger partial charge on any atom is -0.350 e. The number of nitrogens with one attached hydrogen (secondary N) is 1. The van der Waals surface area contributed by atoms with Crippen LogP contribution in [0.25, 0.3) is 0 Å². The van der Waals surface area contributed by atoms with Gasteiger partial charge in [-0.3, -0.25) is 9.59 Å². The number of carbonyl (C=O) groups is 2. The second-order valence-electron chi connectivity index (χ2n) is 8.05. The number of halogens is 1. The average Bonchev–Trinajstić information content (AvgIpc) is 2.63. The molecule has 150 valence electrons. The van der Waals surface area contributed by atoms with Crippen LogP contribution in [-0.4, -0.2) is 28.3 Å². The molecule has 0 bridgehead atoms. The van der Waals surface area contributed by atoms with Gasteiger partial charge in [0.05, 0.1) is 0 Å². The highest BCUT2D eigenvalue weighted by atomic mass is 79.9. The molecule has 0 aliphatic carbocycles. The van der Waals surface area contributed by atoms with Crippen molar-refractivity contribution in [1.29, 1.82) is 0 Å². The van der Waals surface area contributed by atoms with Crippen molar-refractivity contribution >= 4 is 27.7 Å². The van der Waals surface area contributed by atoms with Crippen LogP contribution in [-0.2, 0) is 22.6 Å². The molecule has 0 unspecified atom stereocenters. The Morgan fingerprint density at radius 1 is 1.04 bits per heavy atom. The molecule has 1 N–H and O–H groups in total. The van der Waals surface area contributed by atoms with E-state index in [4.69, 9.17) is 0 Å². The maximum atomic E-state index is 13.1. The number of nitrogens with zero attached hydrogens (tertiary/aromatic N) is 1. The molecule has 2 amide bonds. The highest BCUT2D eigenvalue weighted by molar-refractivity contribution is 9.10. The number of rotatable bonds is 7. The molecule has 0 radical (unpaired) electrons. The third kappa shape index (κ3) is 7.12. The van der Waals surface area contributed by atoms with Gasteiger partial charge in [0, 0.05) is 23.0 Å². The zero-order valence-corrected chi connectivity index (χ0v) is 18.6. The molecule has 0 aliphatic heterocycles. The Kier molecular flexibility index (Phi) is 7.81. The van der Waals surface area contributed by atoms with Crippen molar-refractivity contribution in [2.24, 2.45) is 0 Å². The minimum atomic E-state index is -0.554. The Bertz CT molecular complexity index is 800. The van der Waals surface area contributed by atoms with Crippen LogP contribution in [0.1, 0.15) is 45.2 Å². The lowest BCUT2D eigenvalue weighted by Crippen LogP contribution is -2.52. The predicted octanol–water partition coefficient (Wildman–Crippen LogP) is 4.71. The van der Waals surface area contributed by atoms with Gasteiger partial charge in [-0.2, -0.15) is 0 Å². The highest BCUT2D eigenvalue weighted by Crippen LogP contribution is 2.17. The van der Waals surface area contributed by atoms with Gasteiger partial charge in [0.2, 0.25) is 11.8 Å². The van der Waals surface area contributed by atoms with E-state index in [1.54, 1.807) is 11.8 Å². The fraction of sp³-hybridized carbons (Fsp3) is 0.391. The number of carbonyl (C=O) groups excluding carboxylic acids is 2. The third-order valence-electron chi connectivity index (χ3n) is 4.38. The van der Waals surface area contributed by atoms with E-state index in [1.807, 2.05) is 75.4 Å². The van der Waals surface area contributed by atoms with E-state index in [0.29, 0.717) is 19.4 Å². The Balaban J connectivity index is 2.16. The van der Waals surface area contributed by atoms with Gasteiger partial charge in [-0.25, -0.2) is 0 Å². The fourth-order valence-corrected chi connectivity index (χ4v) is 3.37. The molecule has 4 nitrogen and oxygen atoms in total. The molecule has 1 atom stereocenters. The molecule has 2 aromatic carbocycles. The van der Waals surface area contributed by atoms with Gasteiger partial charge < -0.3 is 10.2 Å². The second-order valence-corrected chi connectivity index (χ2v) is 8.97. The molecule has 0 aromatic heterocycles. The lowest BCUT2D eigenvalue weighted by Gasteiger charge is -2.31. The van der Waals surface area contributed by atoms with Gasteiger partial charge in [-0.05, 0) is 57.4 Å². The third-order valence-corrected chi connectivity index (χ3v) is 4.87. The second kappa shape index (κ2) is 9.87. The molecular formula is C23H29BrN2O2. The first-order chi connectivity index (χ1) is 13.2. The summed E-state index contributed by atoms with van der Waals surface area (Å²) in [7, 11) is 0. The minimum absolute atomic E-state index is 0.0274. The number of amides is 2. The maximum absolute atomic E-state index is 13.1. The molecular weight excluding hydrogens is 416 g/mol. The zero-order valence-electron chi connectivity index (χ0n) is 17.0. The first-order valence-electron chi connectivity index (χ1n) is 9.55. The summed E-state index contributed by atoms with van der Waals surface area (Å²) in [5, 5.41) is 2.98. The monoisotopic (exact) mass is 444 g/mol. The van der Waals surface area contributed by atoms with Crippen LogP contribution < -0.4 is 5.32 Å². The molecule has 2 rings (SSSR count). The van der Waals surface area contributed by atoms with E-state index in [0.717, 1.165) is 15.6 Å². The van der Waals surface area contributed by atoms with E-state index in [-0.39, 0.29) is 17.4 Å². The van der Waals surface area contributed by atoms with Crippen molar-refractivity contribution in [1.82, 2.24) is 10.2 Å². The Hall–Kier alpha value is -2.14. The van der Waals surface area contributed by atoms with Crippen LogP contribution in [0, 0.1) is 0 Å². The number of aryl methyl sites for hydroxylation is 1. The largest absolute Gasteiger partial charge is 0.350 e. The average molecular weight is 445 g/mol. The van der Waals surface area contributed by atoms with E-state index in [2.05, 4.69) is 21.2 Å². The quantitative estimate of drug-likeness (QED) is 0.671. The molecule has 5 heteroatoms. The van der Waals surface area contributed by atoms with Crippen molar-refractivity contribution in [2.45, 2.75) is 58.7 Å². The molecule has 0 heterocycles. The van der Waals surface area contributed by atoms with E-state index < -0.39 is 6.04 Å². The molecule has 0 fully saturated rings. The van der Waals surface area contributed by atoms with Crippen molar-refractivity contribution in [2.75, 3.05) is 0 Å². The summed E-state index contributed by atoms with van der Waals surface area (Å²) in [6.45, 7) is 8.00.